The Hall–Kier alpha value is -2.41. The van der Waals surface area contributed by atoms with Crippen LogP contribution in [-0.2, 0) is 4.74 Å². The second-order valence-electron chi connectivity index (χ2n) is 6.64. The highest BCUT2D eigenvalue weighted by Gasteiger charge is 2.12. The standard InChI is InChI=1S/C21H25ClN4O2/c1-16-3-2-4-19(15-16)24-21(23-9-10-26-11-13-28-14-12-26)25-20(27)17-5-7-18(22)8-6-17/h2-8,15H,9-14H2,1H3,(H2,23,24,25,27). The lowest BCUT2D eigenvalue weighted by atomic mass is 10.2. The van der Waals surface area contributed by atoms with Gasteiger partial charge in [-0.1, -0.05) is 23.7 Å². The van der Waals surface area contributed by atoms with Gasteiger partial charge in [-0.15, -0.1) is 0 Å². The number of hydrogen-bond acceptors (Lipinski definition) is 4. The van der Waals surface area contributed by atoms with E-state index in [1.807, 2.05) is 31.2 Å². The highest BCUT2D eigenvalue weighted by Crippen LogP contribution is 2.11. The van der Waals surface area contributed by atoms with Crippen molar-refractivity contribution >= 4 is 29.2 Å². The summed E-state index contributed by atoms with van der Waals surface area (Å²) in [6.07, 6.45) is 0. The van der Waals surface area contributed by atoms with Crippen LogP contribution in [0.5, 0.6) is 0 Å². The zero-order valence-electron chi connectivity index (χ0n) is 16.0. The van der Waals surface area contributed by atoms with Gasteiger partial charge in [0, 0.05) is 35.9 Å². The zero-order valence-corrected chi connectivity index (χ0v) is 16.7. The van der Waals surface area contributed by atoms with Gasteiger partial charge in [-0.3, -0.25) is 20.0 Å². The Bertz CT molecular complexity index is 817. The average Bonchev–Trinajstić information content (AvgIpc) is 2.69. The maximum atomic E-state index is 12.6. The van der Waals surface area contributed by atoms with E-state index in [0.717, 1.165) is 44.1 Å². The topological polar surface area (TPSA) is 66.0 Å². The van der Waals surface area contributed by atoms with E-state index in [1.54, 1.807) is 24.3 Å². The number of anilines is 1. The fourth-order valence-corrected chi connectivity index (χ4v) is 3.00. The lowest BCUT2D eigenvalue weighted by Crippen LogP contribution is -2.39. The molecule has 1 aliphatic rings. The lowest BCUT2D eigenvalue weighted by molar-refractivity contribution is 0.0394. The molecule has 2 N–H and O–H groups in total. The van der Waals surface area contributed by atoms with Gasteiger partial charge in [0.05, 0.1) is 19.8 Å². The molecule has 1 amide bonds. The fourth-order valence-electron chi connectivity index (χ4n) is 2.88. The first-order valence-corrected chi connectivity index (χ1v) is 9.73. The van der Waals surface area contributed by atoms with Gasteiger partial charge in [-0.05, 0) is 48.9 Å². The number of ether oxygens (including phenoxy) is 1. The molecule has 1 fully saturated rings. The van der Waals surface area contributed by atoms with E-state index < -0.39 is 0 Å². The first kappa shape index (κ1) is 20.3. The summed E-state index contributed by atoms with van der Waals surface area (Å²) in [7, 11) is 0. The number of carbonyl (C=O) groups excluding carboxylic acids is 1. The van der Waals surface area contributed by atoms with Gasteiger partial charge in [-0.2, -0.15) is 0 Å². The Labute approximate surface area is 170 Å². The van der Waals surface area contributed by atoms with E-state index in [9.17, 15) is 4.79 Å². The number of amides is 1. The third kappa shape index (κ3) is 6.34. The van der Waals surface area contributed by atoms with Gasteiger partial charge in [0.2, 0.25) is 5.96 Å². The first-order chi connectivity index (χ1) is 13.6. The van der Waals surface area contributed by atoms with Crippen molar-refractivity contribution in [2.45, 2.75) is 6.92 Å². The van der Waals surface area contributed by atoms with E-state index in [-0.39, 0.29) is 5.91 Å². The number of aliphatic imine (C=N–C) groups is 1. The molecule has 0 bridgehead atoms. The van der Waals surface area contributed by atoms with Gasteiger partial charge in [0.1, 0.15) is 0 Å². The molecule has 0 atom stereocenters. The Morgan fingerprint density at radius 1 is 1.18 bits per heavy atom. The van der Waals surface area contributed by atoms with E-state index >= 15 is 0 Å². The molecule has 6 nitrogen and oxygen atoms in total. The summed E-state index contributed by atoms with van der Waals surface area (Å²) < 4.78 is 5.37. The van der Waals surface area contributed by atoms with Crippen molar-refractivity contribution < 1.29 is 9.53 Å². The van der Waals surface area contributed by atoms with E-state index in [4.69, 9.17) is 16.3 Å². The van der Waals surface area contributed by atoms with Crippen molar-refractivity contribution in [2.75, 3.05) is 44.7 Å². The maximum Gasteiger partial charge on any atom is 0.257 e. The number of guanidine groups is 1. The number of nitrogens with one attached hydrogen (secondary N) is 2. The van der Waals surface area contributed by atoms with Gasteiger partial charge >= 0.3 is 0 Å². The van der Waals surface area contributed by atoms with Crippen LogP contribution in [0.3, 0.4) is 0 Å². The number of nitrogens with zero attached hydrogens (tertiary/aromatic N) is 2. The molecule has 28 heavy (non-hydrogen) atoms. The number of halogens is 1. The van der Waals surface area contributed by atoms with Crippen LogP contribution in [0.15, 0.2) is 53.5 Å². The molecule has 0 aromatic heterocycles. The largest absolute Gasteiger partial charge is 0.379 e. The Morgan fingerprint density at radius 3 is 2.64 bits per heavy atom. The second kappa shape index (κ2) is 10.2. The molecule has 0 saturated carbocycles. The van der Waals surface area contributed by atoms with Crippen LogP contribution in [0.4, 0.5) is 5.69 Å². The van der Waals surface area contributed by atoms with Crippen molar-refractivity contribution in [3.8, 4) is 0 Å². The molecular weight excluding hydrogens is 376 g/mol. The Kier molecular flexibility index (Phi) is 7.42. The molecule has 0 spiro atoms. The molecular formula is C21H25ClN4O2. The van der Waals surface area contributed by atoms with Crippen LogP contribution in [-0.4, -0.2) is 56.2 Å². The van der Waals surface area contributed by atoms with Gasteiger partial charge < -0.3 is 10.1 Å². The zero-order chi connectivity index (χ0) is 19.8. The molecule has 7 heteroatoms. The number of carbonyl (C=O) groups is 1. The first-order valence-electron chi connectivity index (χ1n) is 9.35. The number of hydrogen-bond donors (Lipinski definition) is 2. The normalized spacial score (nSPS) is 15.3. The minimum atomic E-state index is -0.234. The number of rotatable bonds is 5. The fraction of sp³-hybridized carbons (Fsp3) is 0.333. The molecule has 1 heterocycles. The van der Waals surface area contributed by atoms with Crippen LogP contribution in [0.2, 0.25) is 5.02 Å². The summed E-state index contributed by atoms with van der Waals surface area (Å²) >= 11 is 5.91. The van der Waals surface area contributed by atoms with Crippen LogP contribution < -0.4 is 10.6 Å². The van der Waals surface area contributed by atoms with Crippen molar-refractivity contribution in [1.82, 2.24) is 10.2 Å². The third-order valence-corrected chi connectivity index (χ3v) is 4.66. The van der Waals surface area contributed by atoms with Crippen LogP contribution >= 0.6 is 11.6 Å². The maximum absolute atomic E-state index is 12.6. The average molecular weight is 401 g/mol. The van der Waals surface area contributed by atoms with Crippen molar-refractivity contribution in [3.63, 3.8) is 0 Å². The molecule has 148 valence electrons. The number of aryl methyl sites for hydroxylation is 1. The SMILES string of the molecule is Cc1cccc(NC(=NCCN2CCOCC2)NC(=O)c2ccc(Cl)cc2)c1. The molecule has 2 aromatic carbocycles. The summed E-state index contributed by atoms with van der Waals surface area (Å²) in [5.41, 5.74) is 2.53. The second-order valence-corrected chi connectivity index (χ2v) is 7.08. The summed E-state index contributed by atoms with van der Waals surface area (Å²) in [6.45, 7) is 6.75. The third-order valence-electron chi connectivity index (χ3n) is 4.41. The van der Waals surface area contributed by atoms with Gasteiger partial charge in [0.15, 0.2) is 0 Å². The van der Waals surface area contributed by atoms with Crippen LogP contribution in [0.25, 0.3) is 0 Å². The van der Waals surface area contributed by atoms with E-state index in [0.29, 0.717) is 23.1 Å². The Morgan fingerprint density at radius 2 is 1.93 bits per heavy atom. The van der Waals surface area contributed by atoms with E-state index in [2.05, 4.69) is 20.5 Å². The minimum Gasteiger partial charge on any atom is -0.379 e. The molecule has 1 saturated heterocycles. The monoisotopic (exact) mass is 400 g/mol. The number of morpholine rings is 1. The van der Waals surface area contributed by atoms with Gasteiger partial charge in [-0.25, -0.2) is 0 Å². The molecule has 0 unspecified atom stereocenters. The highest BCUT2D eigenvalue weighted by molar-refractivity contribution is 6.30. The van der Waals surface area contributed by atoms with Crippen molar-refractivity contribution in [3.05, 3.63) is 64.7 Å². The Balaban J connectivity index is 1.68. The quantitative estimate of drug-likeness (QED) is 0.597. The predicted molar refractivity (Wildman–Crippen MR) is 113 cm³/mol. The molecule has 2 aromatic rings. The molecule has 3 rings (SSSR count). The van der Waals surface area contributed by atoms with E-state index in [1.165, 1.54) is 0 Å². The molecule has 0 radical (unpaired) electrons. The summed E-state index contributed by atoms with van der Waals surface area (Å²) in [6, 6.07) is 14.7. The summed E-state index contributed by atoms with van der Waals surface area (Å²) in [5.74, 6) is 0.195. The summed E-state index contributed by atoms with van der Waals surface area (Å²) in [4.78, 5) is 19.5. The van der Waals surface area contributed by atoms with Gasteiger partial charge in [0.25, 0.3) is 5.91 Å². The number of benzene rings is 2. The van der Waals surface area contributed by atoms with Crippen molar-refractivity contribution in [1.29, 1.82) is 0 Å². The smallest absolute Gasteiger partial charge is 0.257 e. The van der Waals surface area contributed by atoms with Crippen molar-refractivity contribution in [2.24, 2.45) is 4.99 Å². The highest BCUT2D eigenvalue weighted by atomic mass is 35.5. The van der Waals surface area contributed by atoms with Crippen LogP contribution in [0.1, 0.15) is 15.9 Å². The predicted octanol–water partition coefficient (Wildman–Crippen LogP) is 3.18. The van der Waals surface area contributed by atoms with Crippen LogP contribution in [0, 0.1) is 6.92 Å². The molecule has 1 aliphatic heterocycles. The minimum absolute atomic E-state index is 0.234. The summed E-state index contributed by atoms with van der Waals surface area (Å²) in [5, 5.41) is 6.68. The molecule has 0 aliphatic carbocycles. The lowest BCUT2D eigenvalue weighted by Gasteiger charge is -2.25.